The maximum absolute atomic E-state index is 12.9. The molecule has 1 aliphatic rings. The van der Waals surface area contributed by atoms with E-state index in [1.165, 1.54) is 0 Å². The van der Waals surface area contributed by atoms with Crippen molar-refractivity contribution >= 4 is 23.2 Å². The van der Waals surface area contributed by atoms with Crippen molar-refractivity contribution in [3.63, 3.8) is 0 Å². The predicted molar refractivity (Wildman–Crippen MR) is 105 cm³/mol. The number of nitro groups is 1. The number of pyridine rings is 1. The number of nitrogens with two attached hydrogens (primary N) is 1. The highest BCUT2D eigenvalue weighted by atomic mass is 16.6. The van der Waals surface area contributed by atoms with Crippen LogP contribution in [-0.2, 0) is 0 Å². The fourth-order valence-corrected chi connectivity index (χ4v) is 3.64. The molecule has 0 saturated carbocycles. The Morgan fingerprint density at radius 2 is 1.86 bits per heavy atom. The fraction of sp³-hybridized carbons (Fsp3) is 0.350. The van der Waals surface area contributed by atoms with Crippen molar-refractivity contribution in [2.24, 2.45) is 11.7 Å². The summed E-state index contributed by atoms with van der Waals surface area (Å²) in [4.78, 5) is 40.9. The van der Waals surface area contributed by atoms with Crippen LogP contribution in [0.2, 0.25) is 0 Å². The number of benzene rings is 1. The molecule has 1 amide bonds. The second kappa shape index (κ2) is 7.75. The number of rotatable bonds is 5. The first-order valence-corrected chi connectivity index (χ1v) is 9.08. The zero-order valence-electron chi connectivity index (χ0n) is 15.8. The van der Waals surface area contributed by atoms with Crippen molar-refractivity contribution in [2.45, 2.75) is 26.7 Å². The highest BCUT2D eigenvalue weighted by Gasteiger charge is 2.29. The van der Waals surface area contributed by atoms with Crippen LogP contribution in [0.4, 0.5) is 11.5 Å². The molecule has 28 heavy (non-hydrogen) atoms. The smallest absolute Gasteiger partial charge is 0.288 e. The molecular formula is C20H22N4O4. The Morgan fingerprint density at radius 3 is 2.43 bits per heavy atom. The Balaban J connectivity index is 1.76. The van der Waals surface area contributed by atoms with Gasteiger partial charge in [-0.05, 0) is 32.3 Å². The van der Waals surface area contributed by atoms with E-state index >= 15 is 0 Å². The first kappa shape index (κ1) is 19.5. The molecule has 3 rings (SSSR count). The lowest BCUT2D eigenvalue weighted by atomic mass is 9.87. The number of ketones is 1. The van der Waals surface area contributed by atoms with Crippen molar-refractivity contribution in [3.8, 4) is 0 Å². The third-order valence-corrected chi connectivity index (χ3v) is 5.14. The first-order chi connectivity index (χ1) is 13.3. The van der Waals surface area contributed by atoms with Gasteiger partial charge in [0.1, 0.15) is 12.0 Å². The van der Waals surface area contributed by atoms with E-state index < -0.39 is 10.8 Å². The van der Waals surface area contributed by atoms with Gasteiger partial charge in [-0.3, -0.25) is 19.7 Å². The monoisotopic (exact) mass is 382 g/mol. The van der Waals surface area contributed by atoms with E-state index in [0.29, 0.717) is 31.7 Å². The maximum Gasteiger partial charge on any atom is 0.288 e. The standard InChI is InChI=1S/C20H22N4O4/c1-12-3-4-16(13(2)9-12)18(25)14-5-7-23(8-6-14)20-17(19(21)26)10-15(11-22-20)24(27)28/h3-4,9-11,14H,5-8H2,1-2H3,(H2,21,26). The zero-order valence-corrected chi connectivity index (χ0v) is 15.8. The van der Waals surface area contributed by atoms with Gasteiger partial charge in [-0.25, -0.2) is 4.98 Å². The van der Waals surface area contributed by atoms with Gasteiger partial charge in [0.05, 0.1) is 10.5 Å². The quantitative estimate of drug-likeness (QED) is 0.482. The van der Waals surface area contributed by atoms with E-state index in [4.69, 9.17) is 5.73 Å². The summed E-state index contributed by atoms with van der Waals surface area (Å²) in [6.45, 7) is 4.97. The topological polar surface area (TPSA) is 119 Å². The number of aromatic nitrogens is 1. The number of aryl methyl sites for hydroxylation is 2. The van der Waals surface area contributed by atoms with Gasteiger partial charge in [0.15, 0.2) is 5.78 Å². The van der Waals surface area contributed by atoms with Gasteiger partial charge in [-0.15, -0.1) is 0 Å². The molecule has 1 aromatic carbocycles. The third kappa shape index (κ3) is 3.85. The van der Waals surface area contributed by atoms with Crippen LogP contribution in [-0.4, -0.2) is 34.7 Å². The van der Waals surface area contributed by atoms with Crippen molar-refractivity contribution in [3.05, 3.63) is 62.8 Å². The number of nitrogens with zero attached hydrogens (tertiary/aromatic N) is 3. The summed E-state index contributed by atoms with van der Waals surface area (Å²) in [6, 6.07) is 6.97. The number of carbonyl (C=O) groups excluding carboxylic acids is 2. The van der Waals surface area contributed by atoms with Crippen LogP contribution in [0.1, 0.15) is 44.7 Å². The van der Waals surface area contributed by atoms with Gasteiger partial charge >= 0.3 is 0 Å². The average molecular weight is 382 g/mol. The zero-order chi connectivity index (χ0) is 20.4. The molecule has 2 N–H and O–H groups in total. The van der Waals surface area contributed by atoms with Crippen LogP contribution in [0.15, 0.2) is 30.5 Å². The van der Waals surface area contributed by atoms with E-state index in [2.05, 4.69) is 4.98 Å². The van der Waals surface area contributed by atoms with Gasteiger partial charge in [0.25, 0.3) is 11.6 Å². The Bertz CT molecular complexity index is 949. The number of piperidine rings is 1. The SMILES string of the molecule is Cc1ccc(C(=O)C2CCN(c3ncc([N+](=O)[O-])cc3C(N)=O)CC2)c(C)c1. The highest BCUT2D eigenvalue weighted by molar-refractivity contribution is 6.00. The van der Waals surface area contributed by atoms with E-state index in [-0.39, 0.29) is 23.0 Å². The predicted octanol–water partition coefficient (Wildman–Crippen LogP) is 2.80. The van der Waals surface area contributed by atoms with E-state index in [9.17, 15) is 19.7 Å². The third-order valence-electron chi connectivity index (χ3n) is 5.14. The number of anilines is 1. The van der Waals surface area contributed by atoms with E-state index in [1.807, 2.05) is 36.9 Å². The second-order valence-electron chi connectivity index (χ2n) is 7.13. The summed E-state index contributed by atoms with van der Waals surface area (Å²) >= 11 is 0. The lowest BCUT2D eigenvalue weighted by Crippen LogP contribution is -2.38. The van der Waals surface area contributed by atoms with Crippen molar-refractivity contribution in [2.75, 3.05) is 18.0 Å². The van der Waals surface area contributed by atoms with E-state index in [0.717, 1.165) is 29.0 Å². The lowest BCUT2D eigenvalue weighted by molar-refractivity contribution is -0.385. The van der Waals surface area contributed by atoms with Crippen LogP contribution in [0.3, 0.4) is 0 Å². The Hall–Kier alpha value is -3.29. The minimum absolute atomic E-state index is 0.0216. The van der Waals surface area contributed by atoms with Crippen molar-refractivity contribution in [1.82, 2.24) is 4.98 Å². The largest absolute Gasteiger partial charge is 0.365 e. The highest BCUT2D eigenvalue weighted by Crippen LogP contribution is 2.29. The van der Waals surface area contributed by atoms with Crippen LogP contribution in [0.5, 0.6) is 0 Å². The van der Waals surface area contributed by atoms with Crippen LogP contribution in [0, 0.1) is 29.9 Å². The number of amides is 1. The lowest BCUT2D eigenvalue weighted by Gasteiger charge is -2.33. The molecule has 0 spiro atoms. The number of primary amides is 1. The number of carbonyl (C=O) groups is 2. The molecule has 2 aromatic rings. The van der Waals surface area contributed by atoms with Crippen LogP contribution >= 0.6 is 0 Å². The molecule has 8 heteroatoms. The van der Waals surface area contributed by atoms with Gasteiger partial charge in [0, 0.05) is 30.6 Å². The molecular weight excluding hydrogens is 360 g/mol. The molecule has 0 radical (unpaired) electrons. The molecule has 2 heterocycles. The molecule has 0 atom stereocenters. The van der Waals surface area contributed by atoms with Crippen LogP contribution < -0.4 is 10.6 Å². The molecule has 0 unspecified atom stereocenters. The Morgan fingerprint density at radius 1 is 1.18 bits per heavy atom. The number of hydrogen-bond donors (Lipinski definition) is 1. The van der Waals surface area contributed by atoms with Gasteiger partial charge in [-0.1, -0.05) is 23.8 Å². The van der Waals surface area contributed by atoms with Gasteiger partial charge in [-0.2, -0.15) is 0 Å². The van der Waals surface area contributed by atoms with Gasteiger partial charge < -0.3 is 10.6 Å². The Kier molecular flexibility index (Phi) is 5.39. The van der Waals surface area contributed by atoms with Gasteiger partial charge in [0.2, 0.25) is 0 Å². The summed E-state index contributed by atoms with van der Waals surface area (Å²) in [5.74, 6) is -0.410. The number of Topliss-reactive ketones (excluding diaryl/α,β-unsaturated/α-hetero) is 1. The minimum Gasteiger partial charge on any atom is -0.365 e. The first-order valence-electron chi connectivity index (χ1n) is 9.08. The van der Waals surface area contributed by atoms with E-state index in [1.54, 1.807) is 0 Å². The number of hydrogen-bond acceptors (Lipinski definition) is 6. The minimum atomic E-state index is -0.764. The van der Waals surface area contributed by atoms with Crippen molar-refractivity contribution < 1.29 is 14.5 Å². The normalized spacial score (nSPS) is 14.7. The fourth-order valence-electron chi connectivity index (χ4n) is 3.64. The molecule has 1 aromatic heterocycles. The molecule has 146 valence electrons. The summed E-state index contributed by atoms with van der Waals surface area (Å²) in [7, 11) is 0. The van der Waals surface area contributed by atoms with Crippen molar-refractivity contribution in [1.29, 1.82) is 0 Å². The molecule has 0 aliphatic carbocycles. The molecule has 8 nitrogen and oxygen atoms in total. The summed E-state index contributed by atoms with van der Waals surface area (Å²) in [5.41, 5.74) is 7.97. The van der Waals surface area contributed by atoms with Crippen LogP contribution in [0.25, 0.3) is 0 Å². The molecule has 1 fully saturated rings. The maximum atomic E-state index is 12.9. The Labute approximate surface area is 162 Å². The molecule has 0 bridgehead atoms. The summed E-state index contributed by atoms with van der Waals surface area (Å²) in [6.07, 6.45) is 2.35. The second-order valence-corrected chi connectivity index (χ2v) is 7.13. The summed E-state index contributed by atoms with van der Waals surface area (Å²) in [5, 5.41) is 10.9. The molecule has 1 saturated heterocycles. The summed E-state index contributed by atoms with van der Waals surface area (Å²) < 4.78 is 0. The molecule has 1 aliphatic heterocycles. The average Bonchev–Trinajstić information content (AvgIpc) is 2.67.